The molecule has 2 aromatic heterocycles. The maximum absolute atomic E-state index is 13.3. The number of hydrogen-bond donors (Lipinski definition) is 0. The number of aromatic nitrogens is 2. The fraction of sp³-hybridized carbons (Fsp3) is 0.286. The number of hydrogen-bond acceptors (Lipinski definition) is 4. The van der Waals surface area contributed by atoms with E-state index in [1.165, 1.54) is 11.3 Å². The van der Waals surface area contributed by atoms with Crippen molar-refractivity contribution in [2.24, 2.45) is 0 Å². The van der Waals surface area contributed by atoms with Gasteiger partial charge in [0, 0.05) is 18.8 Å². The first-order chi connectivity index (χ1) is 12.6. The summed E-state index contributed by atoms with van der Waals surface area (Å²) in [6, 6.07) is 16.0. The third-order valence-corrected chi connectivity index (χ3v) is 5.62. The lowest BCUT2D eigenvalue weighted by Crippen LogP contribution is -2.37. The highest BCUT2D eigenvalue weighted by molar-refractivity contribution is 7.17. The molecule has 0 aliphatic heterocycles. The highest BCUT2D eigenvalue weighted by atomic mass is 32.1. The van der Waals surface area contributed by atoms with Gasteiger partial charge in [0.1, 0.15) is 9.88 Å². The summed E-state index contributed by atoms with van der Waals surface area (Å²) < 4.78 is 0. The molecule has 0 radical (unpaired) electrons. The Labute approximate surface area is 158 Å². The van der Waals surface area contributed by atoms with Crippen LogP contribution in [0.5, 0.6) is 0 Å². The second-order valence-electron chi connectivity index (χ2n) is 6.32. The van der Waals surface area contributed by atoms with E-state index in [1.54, 1.807) is 6.20 Å². The van der Waals surface area contributed by atoms with Gasteiger partial charge in [-0.1, -0.05) is 43.3 Å². The zero-order chi connectivity index (χ0) is 18.5. The fourth-order valence-corrected chi connectivity index (χ4v) is 3.75. The van der Waals surface area contributed by atoms with Crippen LogP contribution in [0.2, 0.25) is 0 Å². The van der Waals surface area contributed by atoms with Crippen LogP contribution >= 0.6 is 11.3 Å². The van der Waals surface area contributed by atoms with Crippen molar-refractivity contribution >= 4 is 17.2 Å². The van der Waals surface area contributed by atoms with Gasteiger partial charge < -0.3 is 4.90 Å². The third-order valence-electron chi connectivity index (χ3n) is 4.45. The number of nitrogens with zero attached hydrogens (tertiary/aromatic N) is 3. The number of amides is 1. The van der Waals surface area contributed by atoms with Crippen molar-refractivity contribution in [1.29, 1.82) is 0 Å². The first-order valence-corrected chi connectivity index (χ1v) is 9.65. The Kier molecular flexibility index (Phi) is 5.78. The van der Waals surface area contributed by atoms with E-state index >= 15 is 0 Å². The van der Waals surface area contributed by atoms with Crippen LogP contribution in [0.25, 0.3) is 10.7 Å². The fourth-order valence-electron chi connectivity index (χ4n) is 2.75. The monoisotopic (exact) mass is 365 g/mol. The zero-order valence-corrected chi connectivity index (χ0v) is 16.2. The van der Waals surface area contributed by atoms with Gasteiger partial charge >= 0.3 is 0 Å². The molecule has 1 unspecified atom stereocenters. The molecule has 0 bridgehead atoms. The Morgan fingerprint density at radius 1 is 1.15 bits per heavy atom. The Balaban J connectivity index is 1.90. The number of carbonyl (C=O) groups is 1. The van der Waals surface area contributed by atoms with Gasteiger partial charge in [-0.15, -0.1) is 11.3 Å². The van der Waals surface area contributed by atoms with Crippen LogP contribution in [-0.4, -0.2) is 26.8 Å². The lowest BCUT2D eigenvalue weighted by molar-refractivity contribution is 0.0675. The molecule has 1 amide bonds. The predicted molar refractivity (Wildman–Crippen MR) is 106 cm³/mol. The molecule has 0 N–H and O–H groups in total. The SMILES string of the molecule is CCC(C)N(Cc1ccccc1)C(=O)c1sc(-c2ccccn2)nc1C. The summed E-state index contributed by atoms with van der Waals surface area (Å²) >= 11 is 1.42. The molecule has 5 heteroatoms. The van der Waals surface area contributed by atoms with Gasteiger partial charge in [-0.25, -0.2) is 4.98 Å². The molecule has 0 saturated carbocycles. The van der Waals surface area contributed by atoms with Gasteiger partial charge in [-0.05, 0) is 38.0 Å². The van der Waals surface area contributed by atoms with Crippen LogP contribution in [0.3, 0.4) is 0 Å². The first-order valence-electron chi connectivity index (χ1n) is 8.84. The van der Waals surface area contributed by atoms with E-state index in [0.29, 0.717) is 11.4 Å². The van der Waals surface area contributed by atoms with E-state index in [-0.39, 0.29) is 11.9 Å². The molecule has 4 nitrogen and oxygen atoms in total. The Bertz CT molecular complexity index is 861. The Hall–Kier alpha value is -2.53. The number of benzene rings is 1. The number of aryl methyl sites for hydroxylation is 1. The number of carbonyl (C=O) groups excluding carboxylic acids is 1. The van der Waals surface area contributed by atoms with Gasteiger partial charge in [0.25, 0.3) is 5.91 Å². The largest absolute Gasteiger partial charge is 0.331 e. The zero-order valence-electron chi connectivity index (χ0n) is 15.3. The van der Waals surface area contributed by atoms with Crippen LogP contribution in [-0.2, 0) is 6.54 Å². The Morgan fingerprint density at radius 3 is 2.54 bits per heavy atom. The molecular formula is C21H23N3OS. The van der Waals surface area contributed by atoms with Crippen molar-refractivity contribution in [3.05, 3.63) is 70.9 Å². The molecule has 0 aliphatic carbocycles. The summed E-state index contributed by atoms with van der Waals surface area (Å²) in [6.45, 7) is 6.70. The number of pyridine rings is 1. The van der Waals surface area contributed by atoms with Gasteiger partial charge in [0.15, 0.2) is 0 Å². The molecule has 0 fully saturated rings. The molecule has 0 spiro atoms. The standard InChI is InChI=1S/C21H23N3OS/c1-4-15(2)24(14-17-10-6-5-7-11-17)21(25)19-16(3)23-20(26-19)18-12-8-9-13-22-18/h5-13,15H,4,14H2,1-3H3. The number of thiazole rings is 1. The normalized spacial score (nSPS) is 12.0. The van der Waals surface area contributed by atoms with Crippen molar-refractivity contribution < 1.29 is 4.79 Å². The topological polar surface area (TPSA) is 46.1 Å². The Morgan fingerprint density at radius 2 is 1.88 bits per heavy atom. The van der Waals surface area contributed by atoms with Crippen LogP contribution in [0.1, 0.15) is 41.2 Å². The van der Waals surface area contributed by atoms with Crippen LogP contribution in [0.4, 0.5) is 0 Å². The summed E-state index contributed by atoms with van der Waals surface area (Å²) in [6.07, 6.45) is 2.65. The van der Waals surface area contributed by atoms with Crippen LogP contribution < -0.4 is 0 Å². The molecule has 3 aromatic rings. The summed E-state index contributed by atoms with van der Waals surface area (Å²) in [5.41, 5.74) is 2.70. The molecule has 3 rings (SSSR count). The molecule has 0 saturated heterocycles. The maximum Gasteiger partial charge on any atom is 0.266 e. The average molecular weight is 366 g/mol. The highest BCUT2D eigenvalue weighted by Crippen LogP contribution is 2.28. The number of rotatable bonds is 6. The predicted octanol–water partition coefficient (Wildman–Crippen LogP) is 4.95. The molecular weight excluding hydrogens is 342 g/mol. The maximum atomic E-state index is 13.3. The van der Waals surface area contributed by atoms with Crippen LogP contribution in [0, 0.1) is 6.92 Å². The molecule has 2 heterocycles. The molecule has 1 aromatic carbocycles. The van der Waals surface area contributed by atoms with Gasteiger partial charge in [-0.3, -0.25) is 9.78 Å². The van der Waals surface area contributed by atoms with Crippen LogP contribution in [0.15, 0.2) is 54.7 Å². The lowest BCUT2D eigenvalue weighted by Gasteiger charge is -2.28. The van der Waals surface area contributed by atoms with Crippen molar-refractivity contribution in [2.75, 3.05) is 0 Å². The highest BCUT2D eigenvalue weighted by Gasteiger charge is 2.25. The second kappa shape index (κ2) is 8.23. The molecule has 134 valence electrons. The van der Waals surface area contributed by atoms with Crippen molar-refractivity contribution in [1.82, 2.24) is 14.9 Å². The van der Waals surface area contributed by atoms with Crippen molar-refractivity contribution in [2.45, 2.75) is 39.8 Å². The van der Waals surface area contributed by atoms with E-state index in [1.807, 2.05) is 48.2 Å². The van der Waals surface area contributed by atoms with Crippen molar-refractivity contribution in [3.8, 4) is 10.7 Å². The summed E-state index contributed by atoms with van der Waals surface area (Å²) in [7, 11) is 0. The lowest BCUT2D eigenvalue weighted by atomic mass is 10.1. The molecule has 0 aliphatic rings. The minimum atomic E-state index is 0.0420. The van der Waals surface area contributed by atoms with Gasteiger partial charge in [0.05, 0.1) is 11.4 Å². The van der Waals surface area contributed by atoms with Gasteiger partial charge in [0.2, 0.25) is 0 Å². The quantitative estimate of drug-likeness (QED) is 0.620. The minimum Gasteiger partial charge on any atom is -0.331 e. The van der Waals surface area contributed by atoms with E-state index in [9.17, 15) is 4.79 Å². The second-order valence-corrected chi connectivity index (χ2v) is 7.32. The van der Waals surface area contributed by atoms with E-state index < -0.39 is 0 Å². The third kappa shape index (κ3) is 3.99. The van der Waals surface area contributed by atoms with Crippen molar-refractivity contribution in [3.63, 3.8) is 0 Å². The van der Waals surface area contributed by atoms with Gasteiger partial charge in [-0.2, -0.15) is 0 Å². The van der Waals surface area contributed by atoms with E-state index in [2.05, 4.69) is 35.9 Å². The minimum absolute atomic E-state index is 0.0420. The molecule has 1 atom stereocenters. The summed E-state index contributed by atoms with van der Waals surface area (Å²) in [5, 5.41) is 0.787. The average Bonchev–Trinajstić information content (AvgIpc) is 3.08. The first kappa shape index (κ1) is 18.3. The summed E-state index contributed by atoms with van der Waals surface area (Å²) in [4.78, 5) is 24.9. The van der Waals surface area contributed by atoms with E-state index in [0.717, 1.165) is 28.4 Å². The van der Waals surface area contributed by atoms with E-state index in [4.69, 9.17) is 0 Å². The smallest absolute Gasteiger partial charge is 0.266 e. The molecule has 26 heavy (non-hydrogen) atoms. The summed E-state index contributed by atoms with van der Waals surface area (Å²) in [5.74, 6) is 0.0420.